The molecule has 0 saturated carbocycles. The third kappa shape index (κ3) is 4.25. The number of amides is 1. The van der Waals surface area contributed by atoms with Gasteiger partial charge in [-0.2, -0.15) is 0 Å². The molecule has 0 saturated heterocycles. The summed E-state index contributed by atoms with van der Waals surface area (Å²) in [6, 6.07) is 3.55. The van der Waals surface area contributed by atoms with Crippen LogP contribution in [0.4, 0.5) is 0 Å². The number of carbonyl (C=O) groups is 1. The summed E-state index contributed by atoms with van der Waals surface area (Å²) < 4.78 is 1.81. The van der Waals surface area contributed by atoms with Gasteiger partial charge in [-0.3, -0.25) is 9.20 Å². The van der Waals surface area contributed by atoms with E-state index in [2.05, 4.69) is 44.9 Å². The van der Waals surface area contributed by atoms with Crippen LogP contribution < -0.4 is 5.32 Å². The summed E-state index contributed by atoms with van der Waals surface area (Å²) in [4.78, 5) is 17.4. The highest BCUT2D eigenvalue weighted by Gasteiger charge is 2.29. The molecule has 0 bridgehead atoms. The molecule has 0 fully saturated rings. The lowest BCUT2D eigenvalue weighted by atomic mass is 9.82. The number of hydrogen-bond acceptors (Lipinski definition) is 2. The predicted octanol–water partition coefficient (Wildman–Crippen LogP) is 4.49. The monoisotopic (exact) mass is 335 g/mol. The van der Waals surface area contributed by atoms with Crippen molar-refractivity contribution in [2.75, 3.05) is 0 Å². The van der Waals surface area contributed by atoms with Gasteiger partial charge in [-0.15, -0.1) is 0 Å². The number of halogens is 1. The Bertz CT molecular complexity index is 726. The molecule has 126 valence electrons. The number of hydrogen-bond donors (Lipinski definition) is 1. The first kappa shape index (κ1) is 17.8. The smallest absolute Gasteiger partial charge is 0.270 e. The molecule has 0 aliphatic rings. The Kier molecular flexibility index (Phi) is 4.76. The van der Waals surface area contributed by atoms with Gasteiger partial charge in [0.05, 0.1) is 5.69 Å². The van der Waals surface area contributed by atoms with E-state index in [0.29, 0.717) is 22.8 Å². The second-order valence-electron chi connectivity index (χ2n) is 7.91. The van der Waals surface area contributed by atoms with E-state index in [1.54, 1.807) is 18.3 Å². The maximum atomic E-state index is 12.9. The molecule has 2 aromatic heterocycles. The second-order valence-corrected chi connectivity index (χ2v) is 8.35. The first-order valence-corrected chi connectivity index (χ1v) is 8.39. The second kappa shape index (κ2) is 6.16. The predicted molar refractivity (Wildman–Crippen MR) is 95.2 cm³/mol. The van der Waals surface area contributed by atoms with Crippen molar-refractivity contribution < 1.29 is 4.79 Å². The van der Waals surface area contributed by atoms with Crippen LogP contribution in [0.15, 0.2) is 18.3 Å². The minimum Gasteiger partial charge on any atom is -0.346 e. The van der Waals surface area contributed by atoms with E-state index >= 15 is 0 Å². The summed E-state index contributed by atoms with van der Waals surface area (Å²) >= 11 is 6.03. The zero-order valence-corrected chi connectivity index (χ0v) is 15.6. The molecule has 0 aliphatic carbocycles. The van der Waals surface area contributed by atoms with E-state index in [4.69, 9.17) is 11.6 Å². The Morgan fingerprint density at radius 3 is 2.52 bits per heavy atom. The summed E-state index contributed by atoms with van der Waals surface area (Å²) in [5.74, 6) is -0.0917. The highest BCUT2D eigenvalue weighted by Crippen LogP contribution is 2.27. The van der Waals surface area contributed by atoms with Gasteiger partial charge in [0.15, 0.2) is 0 Å². The van der Waals surface area contributed by atoms with Gasteiger partial charge in [-0.05, 0) is 38.2 Å². The van der Waals surface area contributed by atoms with Gasteiger partial charge in [-0.1, -0.05) is 39.3 Å². The van der Waals surface area contributed by atoms with Crippen molar-refractivity contribution in [3.05, 3.63) is 34.7 Å². The van der Waals surface area contributed by atoms with Crippen molar-refractivity contribution in [3.63, 3.8) is 0 Å². The van der Waals surface area contributed by atoms with E-state index in [-0.39, 0.29) is 16.9 Å². The van der Waals surface area contributed by atoms with E-state index < -0.39 is 0 Å². The molecule has 0 atom stereocenters. The number of imidazole rings is 1. The molecule has 2 aromatic rings. The van der Waals surface area contributed by atoms with Crippen molar-refractivity contribution in [1.29, 1.82) is 0 Å². The van der Waals surface area contributed by atoms with Crippen molar-refractivity contribution in [2.24, 2.45) is 5.41 Å². The minimum atomic E-state index is -0.295. The highest BCUT2D eigenvalue weighted by molar-refractivity contribution is 6.30. The van der Waals surface area contributed by atoms with Gasteiger partial charge >= 0.3 is 0 Å². The highest BCUT2D eigenvalue weighted by atomic mass is 35.5. The zero-order valence-electron chi connectivity index (χ0n) is 14.8. The Hall–Kier alpha value is -1.55. The third-order valence-electron chi connectivity index (χ3n) is 3.63. The number of aryl methyl sites for hydroxylation is 1. The maximum absolute atomic E-state index is 12.9. The SMILES string of the molecule is CCc1nc2cc(Cl)ccn2c1C(=O)NC(C)(C)CC(C)(C)C. The lowest BCUT2D eigenvalue weighted by Gasteiger charge is -2.33. The third-order valence-corrected chi connectivity index (χ3v) is 3.87. The Labute approximate surface area is 143 Å². The van der Waals surface area contributed by atoms with Crippen molar-refractivity contribution in [2.45, 2.75) is 59.9 Å². The van der Waals surface area contributed by atoms with Gasteiger partial charge < -0.3 is 5.32 Å². The number of aromatic nitrogens is 2. The van der Waals surface area contributed by atoms with Crippen molar-refractivity contribution in [1.82, 2.24) is 14.7 Å². The Morgan fingerprint density at radius 2 is 1.96 bits per heavy atom. The molecule has 2 rings (SSSR count). The van der Waals surface area contributed by atoms with Crippen LogP contribution in [0.5, 0.6) is 0 Å². The molecular formula is C18H26ClN3O. The molecule has 2 heterocycles. The summed E-state index contributed by atoms with van der Waals surface area (Å²) in [5.41, 5.74) is 1.93. The first-order chi connectivity index (χ1) is 10.5. The average Bonchev–Trinajstić information content (AvgIpc) is 2.72. The van der Waals surface area contributed by atoms with E-state index in [1.165, 1.54) is 0 Å². The minimum absolute atomic E-state index is 0.0917. The van der Waals surface area contributed by atoms with Crippen LogP contribution in [-0.2, 0) is 6.42 Å². The molecule has 5 heteroatoms. The van der Waals surface area contributed by atoms with Gasteiger partial charge in [0, 0.05) is 22.8 Å². The van der Waals surface area contributed by atoms with E-state index in [0.717, 1.165) is 12.1 Å². The molecule has 1 amide bonds. The van der Waals surface area contributed by atoms with Crippen LogP contribution in [-0.4, -0.2) is 20.8 Å². The summed E-state index contributed by atoms with van der Waals surface area (Å²) in [7, 11) is 0. The van der Waals surface area contributed by atoms with Crippen LogP contribution >= 0.6 is 11.6 Å². The molecule has 1 N–H and O–H groups in total. The molecule has 0 aromatic carbocycles. The van der Waals surface area contributed by atoms with Crippen molar-refractivity contribution in [3.8, 4) is 0 Å². The molecule has 0 spiro atoms. The largest absolute Gasteiger partial charge is 0.346 e. The van der Waals surface area contributed by atoms with Gasteiger partial charge in [0.2, 0.25) is 0 Å². The number of fused-ring (bicyclic) bond motifs is 1. The number of carbonyl (C=O) groups excluding carboxylic acids is 1. The molecule has 23 heavy (non-hydrogen) atoms. The van der Waals surface area contributed by atoms with E-state index in [9.17, 15) is 4.79 Å². The number of nitrogens with one attached hydrogen (secondary N) is 1. The summed E-state index contributed by atoms with van der Waals surface area (Å²) in [6.07, 6.45) is 3.38. The number of pyridine rings is 1. The molecule has 0 radical (unpaired) electrons. The molecule has 0 aliphatic heterocycles. The summed E-state index contributed by atoms with van der Waals surface area (Å²) in [5, 5.41) is 3.78. The standard InChI is InChI=1S/C18H26ClN3O/c1-7-13-15(22-9-8-12(19)10-14(22)20-13)16(23)21-18(5,6)11-17(2,3)4/h8-10H,7,11H2,1-6H3,(H,21,23). The molecule has 4 nitrogen and oxygen atoms in total. The van der Waals surface area contributed by atoms with Crippen LogP contribution in [0, 0.1) is 5.41 Å². The summed E-state index contributed by atoms with van der Waals surface area (Å²) in [6.45, 7) is 12.6. The number of rotatable bonds is 4. The van der Waals surface area contributed by atoms with Crippen LogP contribution in [0.3, 0.4) is 0 Å². The quantitative estimate of drug-likeness (QED) is 0.894. The molecule has 0 unspecified atom stereocenters. The topological polar surface area (TPSA) is 46.4 Å². The van der Waals surface area contributed by atoms with Gasteiger partial charge in [0.1, 0.15) is 11.3 Å². The first-order valence-electron chi connectivity index (χ1n) is 8.01. The number of nitrogens with zero attached hydrogens (tertiary/aromatic N) is 2. The van der Waals surface area contributed by atoms with Gasteiger partial charge in [-0.25, -0.2) is 4.98 Å². The Morgan fingerprint density at radius 1 is 1.30 bits per heavy atom. The normalized spacial score (nSPS) is 12.7. The van der Waals surface area contributed by atoms with Gasteiger partial charge in [0.25, 0.3) is 5.91 Å². The lowest BCUT2D eigenvalue weighted by molar-refractivity contribution is 0.0884. The fourth-order valence-corrected chi connectivity index (χ4v) is 3.45. The van der Waals surface area contributed by atoms with Crippen molar-refractivity contribution >= 4 is 23.2 Å². The van der Waals surface area contributed by atoms with Crippen LogP contribution in [0.2, 0.25) is 5.02 Å². The van der Waals surface area contributed by atoms with Crippen LogP contribution in [0.25, 0.3) is 5.65 Å². The van der Waals surface area contributed by atoms with Crippen LogP contribution in [0.1, 0.15) is 64.1 Å². The maximum Gasteiger partial charge on any atom is 0.270 e. The lowest BCUT2D eigenvalue weighted by Crippen LogP contribution is -2.46. The average molecular weight is 336 g/mol. The zero-order chi connectivity index (χ0) is 17.4. The Balaban J connectivity index is 2.37. The molecular weight excluding hydrogens is 310 g/mol. The fraction of sp³-hybridized carbons (Fsp3) is 0.556. The van der Waals surface area contributed by atoms with E-state index in [1.807, 2.05) is 11.3 Å². The fourth-order valence-electron chi connectivity index (χ4n) is 3.29.